The number of hydrogen-bond donors (Lipinski definition) is 1. The Morgan fingerprint density at radius 2 is 1.02 bits per heavy atom. The van der Waals surface area contributed by atoms with Crippen molar-refractivity contribution >= 4 is 19.8 Å². The highest BCUT2D eigenvalue weighted by Crippen LogP contribution is 2.43. The molecule has 0 aliphatic rings. The molecule has 0 saturated carbocycles. The topological polar surface area (TPSA) is 108 Å². The van der Waals surface area contributed by atoms with Crippen molar-refractivity contribution in [3.63, 3.8) is 0 Å². The summed E-state index contributed by atoms with van der Waals surface area (Å²) in [6.07, 6.45) is 39.0. The highest BCUT2D eigenvalue weighted by molar-refractivity contribution is 7.47. The maximum absolute atomic E-state index is 12.6. The summed E-state index contributed by atoms with van der Waals surface area (Å²) in [6.45, 7) is 4.35. The zero-order valence-electron chi connectivity index (χ0n) is 34.7. The Hall–Kier alpha value is -1.77. The van der Waals surface area contributed by atoms with Gasteiger partial charge in [0.2, 0.25) is 0 Å². The van der Waals surface area contributed by atoms with Crippen LogP contribution < -0.4 is 0 Å². The SMILES string of the molecule is CCCCC/C=C\C/C=C\C/C=C\CCCCC(=O)O[C@H](COC(=O)CCCCCCCCCCCCCCCC)COP(=O)(O)OCC[N+](C)(C)C. The number of rotatable bonds is 38. The number of ether oxygens (including phenoxy) is 2. The van der Waals surface area contributed by atoms with Gasteiger partial charge >= 0.3 is 19.8 Å². The molecule has 0 aromatic rings. The average molecular weight is 771 g/mol. The maximum atomic E-state index is 12.6. The molecule has 0 radical (unpaired) electrons. The van der Waals surface area contributed by atoms with Crippen molar-refractivity contribution in [1.82, 2.24) is 0 Å². The third-order valence-electron chi connectivity index (χ3n) is 8.92. The van der Waals surface area contributed by atoms with Crippen LogP contribution in [0.25, 0.3) is 0 Å². The summed E-state index contributed by atoms with van der Waals surface area (Å²) in [5.41, 5.74) is 0. The van der Waals surface area contributed by atoms with E-state index < -0.39 is 26.5 Å². The van der Waals surface area contributed by atoms with Crippen LogP contribution in [0.2, 0.25) is 0 Å². The first kappa shape index (κ1) is 51.2. The molecule has 0 rings (SSSR count). The molecule has 0 amide bonds. The Morgan fingerprint density at radius 1 is 0.585 bits per heavy atom. The summed E-state index contributed by atoms with van der Waals surface area (Å²) in [5, 5.41) is 0. The van der Waals surface area contributed by atoms with Crippen molar-refractivity contribution in [2.24, 2.45) is 0 Å². The lowest BCUT2D eigenvalue weighted by atomic mass is 10.0. The smallest absolute Gasteiger partial charge is 0.462 e. The highest BCUT2D eigenvalue weighted by atomic mass is 31.2. The molecule has 0 aromatic carbocycles. The quantitative estimate of drug-likeness (QED) is 0.0217. The van der Waals surface area contributed by atoms with Crippen molar-refractivity contribution < 1.29 is 42.1 Å². The third-order valence-corrected chi connectivity index (χ3v) is 9.91. The van der Waals surface area contributed by atoms with Crippen LogP contribution >= 0.6 is 7.82 Å². The predicted octanol–water partition coefficient (Wildman–Crippen LogP) is 11.7. The molecule has 0 aliphatic heterocycles. The molecule has 310 valence electrons. The van der Waals surface area contributed by atoms with Crippen LogP contribution in [-0.2, 0) is 32.7 Å². The number of esters is 2. The number of likely N-dealkylation sites (N-methyl/N-ethyl adjacent to an activating group) is 1. The van der Waals surface area contributed by atoms with E-state index in [1.807, 2.05) is 21.1 Å². The molecule has 0 saturated heterocycles. The van der Waals surface area contributed by atoms with Crippen LogP contribution in [0, 0.1) is 0 Å². The van der Waals surface area contributed by atoms with Gasteiger partial charge in [-0.1, -0.05) is 147 Å². The van der Waals surface area contributed by atoms with Gasteiger partial charge in [-0.05, 0) is 51.4 Å². The van der Waals surface area contributed by atoms with Crippen molar-refractivity contribution in [3.8, 4) is 0 Å². The van der Waals surface area contributed by atoms with E-state index in [0.717, 1.165) is 51.4 Å². The van der Waals surface area contributed by atoms with E-state index in [2.05, 4.69) is 50.3 Å². The number of phosphoric ester groups is 1. The molecular weight excluding hydrogens is 689 g/mol. The molecule has 2 atom stereocenters. The van der Waals surface area contributed by atoms with Crippen LogP contribution in [0.3, 0.4) is 0 Å². The molecular formula is C43H81NO8P+. The lowest BCUT2D eigenvalue weighted by molar-refractivity contribution is -0.870. The highest BCUT2D eigenvalue weighted by Gasteiger charge is 2.27. The average Bonchev–Trinajstić information content (AvgIpc) is 3.10. The van der Waals surface area contributed by atoms with Gasteiger partial charge in [-0.15, -0.1) is 0 Å². The molecule has 0 aromatic heterocycles. The molecule has 0 aliphatic carbocycles. The Labute approximate surface area is 325 Å². The fourth-order valence-corrected chi connectivity index (χ4v) is 6.29. The van der Waals surface area contributed by atoms with Gasteiger partial charge in [0.05, 0.1) is 27.7 Å². The Kier molecular flexibility index (Phi) is 34.7. The van der Waals surface area contributed by atoms with Crippen LogP contribution in [-0.4, -0.2) is 74.9 Å². The summed E-state index contributed by atoms with van der Waals surface area (Å²) in [4.78, 5) is 35.3. The van der Waals surface area contributed by atoms with Gasteiger partial charge in [0.25, 0.3) is 0 Å². The van der Waals surface area contributed by atoms with Crippen LogP contribution in [0.1, 0.15) is 174 Å². The number of carbonyl (C=O) groups is 2. The van der Waals surface area contributed by atoms with Crippen molar-refractivity contribution in [2.75, 3.05) is 47.5 Å². The first-order valence-corrected chi connectivity index (χ1v) is 22.7. The molecule has 1 unspecified atom stereocenters. The lowest BCUT2D eigenvalue weighted by Gasteiger charge is -2.24. The van der Waals surface area contributed by atoms with Gasteiger partial charge in [-0.3, -0.25) is 18.6 Å². The van der Waals surface area contributed by atoms with Gasteiger partial charge in [-0.25, -0.2) is 4.57 Å². The summed E-state index contributed by atoms with van der Waals surface area (Å²) in [6, 6.07) is 0. The second kappa shape index (κ2) is 35.9. The molecule has 10 heteroatoms. The molecule has 1 N–H and O–H groups in total. The van der Waals surface area contributed by atoms with E-state index in [9.17, 15) is 19.0 Å². The molecule has 0 heterocycles. The minimum absolute atomic E-state index is 0.0250. The predicted molar refractivity (Wildman–Crippen MR) is 220 cm³/mol. The molecule has 0 bridgehead atoms. The summed E-state index contributed by atoms with van der Waals surface area (Å²) in [5.74, 6) is -0.841. The summed E-state index contributed by atoms with van der Waals surface area (Å²) in [7, 11) is 1.45. The number of quaternary nitrogens is 1. The van der Waals surface area contributed by atoms with E-state index >= 15 is 0 Å². The van der Waals surface area contributed by atoms with Crippen LogP contribution in [0.5, 0.6) is 0 Å². The zero-order chi connectivity index (χ0) is 39.3. The van der Waals surface area contributed by atoms with E-state index in [1.54, 1.807) is 0 Å². The van der Waals surface area contributed by atoms with Gasteiger partial charge in [0.15, 0.2) is 6.10 Å². The van der Waals surface area contributed by atoms with E-state index in [4.69, 9.17) is 18.5 Å². The van der Waals surface area contributed by atoms with Crippen molar-refractivity contribution in [3.05, 3.63) is 36.5 Å². The maximum Gasteiger partial charge on any atom is 0.472 e. The number of carbonyl (C=O) groups excluding carboxylic acids is 2. The minimum Gasteiger partial charge on any atom is -0.462 e. The second-order valence-electron chi connectivity index (χ2n) is 15.4. The number of hydrogen-bond acceptors (Lipinski definition) is 7. The minimum atomic E-state index is -4.38. The first-order valence-electron chi connectivity index (χ1n) is 21.2. The largest absolute Gasteiger partial charge is 0.472 e. The zero-order valence-corrected chi connectivity index (χ0v) is 35.6. The third kappa shape index (κ3) is 39.7. The van der Waals surface area contributed by atoms with E-state index in [1.165, 1.54) is 89.9 Å². The molecule has 53 heavy (non-hydrogen) atoms. The van der Waals surface area contributed by atoms with Crippen LogP contribution in [0.15, 0.2) is 36.5 Å². The molecule has 9 nitrogen and oxygen atoms in total. The first-order chi connectivity index (χ1) is 25.5. The fraction of sp³-hybridized carbons (Fsp3) is 0.814. The normalized spacial score (nSPS) is 14.0. The van der Waals surface area contributed by atoms with Crippen LogP contribution in [0.4, 0.5) is 0 Å². The van der Waals surface area contributed by atoms with E-state index in [-0.39, 0.29) is 32.0 Å². The number of allylic oxidation sites excluding steroid dienone is 6. The van der Waals surface area contributed by atoms with E-state index in [0.29, 0.717) is 17.4 Å². The lowest BCUT2D eigenvalue weighted by Crippen LogP contribution is -2.37. The number of nitrogens with zero attached hydrogens (tertiary/aromatic N) is 1. The number of unbranched alkanes of at least 4 members (excludes halogenated alkanes) is 18. The Morgan fingerprint density at radius 3 is 1.55 bits per heavy atom. The molecule has 0 fully saturated rings. The van der Waals surface area contributed by atoms with Gasteiger partial charge in [0, 0.05) is 12.8 Å². The number of phosphoric acid groups is 1. The Balaban J connectivity index is 4.45. The summed E-state index contributed by atoms with van der Waals surface area (Å²) < 4.78 is 34.2. The fourth-order valence-electron chi connectivity index (χ4n) is 5.55. The van der Waals surface area contributed by atoms with Gasteiger partial charge in [-0.2, -0.15) is 0 Å². The summed E-state index contributed by atoms with van der Waals surface area (Å²) >= 11 is 0. The monoisotopic (exact) mass is 771 g/mol. The Bertz CT molecular complexity index is 1010. The van der Waals surface area contributed by atoms with Crippen molar-refractivity contribution in [2.45, 2.75) is 180 Å². The second-order valence-corrected chi connectivity index (χ2v) is 16.8. The van der Waals surface area contributed by atoms with Gasteiger partial charge in [0.1, 0.15) is 19.8 Å². The van der Waals surface area contributed by atoms with Crippen molar-refractivity contribution in [1.29, 1.82) is 0 Å². The molecule has 0 spiro atoms. The standard InChI is InChI=1S/C43H80NO8P/c1-6-8-10-12-14-16-18-20-22-24-26-28-30-32-34-36-43(46)52-41(40-51-53(47,48)50-38-37-44(3,4)5)39-49-42(45)35-33-31-29-27-25-23-21-19-17-15-13-11-9-7-2/h14,16,20,22,26,28,41H,6-13,15,17-19,21,23-25,27,29-40H2,1-5H3/p+1/b16-14-,22-20-,28-26-/t41-/m1/s1. The van der Waals surface area contributed by atoms with Gasteiger partial charge < -0.3 is 18.9 Å².